The van der Waals surface area contributed by atoms with Crippen LogP contribution in [0.3, 0.4) is 0 Å². The average molecular weight is 276 g/mol. The Morgan fingerprint density at radius 1 is 0.933 bits per heavy atom. The first kappa shape index (κ1) is 12.7. The first-order valence-corrected chi connectivity index (χ1v) is 5.37. The van der Waals surface area contributed by atoms with Gasteiger partial charge in [-0.3, -0.25) is 0 Å². The molecule has 0 unspecified atom stereocenters. The molecule has 0 nitrogen and oxygen atoms in total. The molecule has 0 aromatic heterocycles. The Balaban J connectivity index is 0.000000162. The summed E-state index contributed by atoms with van der Waals surface area (Å²) in [6.07, 6.45) is 5.44. The second kappa shape index (κ2) is 6.96. The average Bonchev–Trinajstić information content (AvgIpc) is 2.92. The Morgan fingerprint density at radius 2 is 1.67 bits per heavy atom. The normalized spacial score (nSPS) is 13.1. The minimum absolute atomic E-state index is 0. The van der Waals surface area contributed by atoms with Gasteiger partial charge in [-0.2, -0.15) is 41.5 Å². The van der Waals surface area contributed by atoms with Crippen molar-refractivity contribution in [1.82, 2.24) is 0 Å². The third-order valence-electron chi connectivity index (χ3n) is 2.71. The van der Waals surface area contributed by atoms with E-state index in [0.29, 0.717) is 0 Å². The van der Waals surface area contributed by atoms with E-state index in [4.69, 9.17) is 0 Å². The molecule has 0 amide bonds. The molecule has 0 aliphatic heterocycles. The summed E-state index contributed by atoms with van der Waals surface area (Å²) < 4.78 is 0. The van der Waals surface area contributed by atoms with E-state index < -0.39 is 0 Å². The van der Waals surface area contributed by atoms with Gasteiger partial charge < -0.3 is 0 Å². The van der Waals surface area contributed by atoms with E-state index in [1.54, 1.807) is 11.1 Å². The summed E-state index contributed by atoms with van der Waals surface area (Å²) >= 11 is 0. The fourth-order valence-electron chi connectivity index (χ4n) is 1.93. The molecule has 0 radical (unpaired) electrons. The first-order valence-electron chi connectivity index (χ1n) is 5.37. The van der Waals surface area contributed by atoms with Crippen molar-refractivity contribution in [3.8, 4) is 0 Å². The second-order valence-electron chi connectivity index (χ2n) is 3.75. The molecular weight excluding hydrogens is 259 g/mol. The van der Waals surface area contributed by atoms with Crippen LogP contribution >= 0.6 is 0 Å². The topological polar surface area (TPSA) is 0 Å². The number of fused-ring (bicyclic) bond motifs is 1. The van der Waals surface area contributed by atoms with Crippen LogP contribution in [0.15, 0.2) is 48.5 Å². The summed E-state index contributed by atoms with van der Waals surface area (Å²) in [7, 11) is 0. The number of rotatable bonds is 0. The predicted octanol–water partition coefficient (Wildman–Crippen LogP) is 3.69. The second-order valence-corrected chi connectivity index (χ2v) is 3.75. The van der Waals surface area contributed by atoms with Gasteiger partial charge in [0.25, 0.3) is 0 Å². The minimum Gasteiger partial charge on any atom is -0.214 e. The number of hydrogen-bond acceptors (Lipinski definition) is 0. The molecule has 2 aromatic carbocycles. The maximum atomic E-state index is 2.26. The Labute approximate surface area is 111 Å². The Hall–Kier alpha value is -0.417. The minimum atomic E-state index is 0. The van der Waals surface area contributed by atoms with Gasteiger partial charge >= 0.3 is 26.2 Å². The Morgan fingerprint density at radius 3 is 2.27 bits per heavy atom. The zero-order chi connectivity index (χ0) is 9.64. The van der Waals surface area contributed by atoms with Crippen molar-refractivity contribution in [3.05, 3.63) is 59.7 Å². The summed E-state index contributed by atoms with van der Waals surface area (Å²) in [5, 5.41) is 0. The third-order valence-corrected chi connectivity index (χ3v) is 2.71. The van der Waals surface area contributed by atoms with Crippen LogP contribution in [-0.4, -0.2) is 0 Å². The van der Waals surface area contributed by atoms with Crippen LogP contribution < -0.4 is 0 Å². The molecule has 1 aliphatic rings. The molecule has 15 heavy (non-hydrogen) atoms. The summed E-state index contributed by atoms with van der Waals surface area (Å²) in [4.78, 5) is 0. The standard InChI is InChI=1S/C9H11.C5H5.Zr/c1-2-5-9-7-3-6-8(9)4-1;1-2-4-5-3-1;/h3,6-7H,1-2,4-5H2;1-5H;/q2*-1;+2. The molecule has 0 fully saturated rings. The van der Waals surface area contributed by atoms with Crippen LogP contribution in [0.2, 0.25) is 0 Å². The molecule has 2 aromatic rings. The van der Waals surface area contributed by atoms with Gasteiger partial charge in [-0.15, -0.1) is 0 Å². The summed E-state index contributed by atoms with van der Waals surface area (Å²) in [5.74, 6) is 0. The number of hydrogen-bond donors (Lipinski definition) is 0. The molecule has 1 aliphatic carbocycles. The molecule has 0 N–H and O–H groups in total. The van der Waals surface area contributed by atoms with E-state index in [-0.39, 0.29) is 26.2 Å². The van der Waals surface area contributed by atoms with Crippen molar-refractivity contribution in [3.63, 3.8) is 0 Å². The largest absolute Gasteiger partial charge is 2.00 e. The van der Waals surface area contributed by atoms with Crippen molar-refractivity contribution in [2.45, 2.75) is 25.7 Å². The summed E-state index contributed by atoms with van der Waals surface area (Å²) in [6.45, 7) is 0. The van der Waals surface area contributed by atoms with Gasteiger partial charge in [-0.25, -0.2) is 18.2 Å². The SMILES string of the molecule is [Zr+2].c1cc2c([cH-]1)CCCC2.c1cc[cH-]c1. The molecule has 1 heteroatoms. The van der Waals surface area contributed by atoms with E-state index >= 15 is 0 Å². The van der Waals surface area contributed by atoms with Gasteiger partial charge in [0.1, 0.15) is 0 Å². The van der Waals surface area contributed by atoms with E-state index in [1.807, 2.05) is 30.3 Å². The Kier molecular flexibility index (Phi) is 5.87. The van der Waals surface area contributed by atoms with Crippen LogP contribution in [0.5, 0.6) is 0 Å². The van der Waals surface area contributed by atoms with Crippen molar-refractivity contribution < 1.29 is 26.2 Å². The molecule has 0 spiro atoms. The molecule has 0 heterocycles. The van der Waals surface area contributed by atoms with Crippen LogP contribution in [0, 0.1) is 0 Å². The van der Waals surface area contributed by atoms with Crippen LogP contribution in [0.4, 0.5) is 0 Å². The van der Waals surface area contributed by atoms with E-state index in [0.717, 1.165) is 0 Å². The smallest absolute Gasteiger partial charge is 0.214 e. The van der Waals surface area contributed by atoms with Crippen LogP contribution in [-0.2, 0) is 39.0 Å². The van der Waals surface area contributed by atoms with Crippen LogP contribution in [0.25, 0.3) is 0 Å². The predicted molar refractivity (Wildman–Crippen MR) is 60.7 cm³/mol. The van der Waals surface area contributed by atoms with Crippen molar-refractivity contribution in [1.29, 1.82) is 0 Å². The van der Waals surface area contributed by atoms with Gasteiger partial charge in [0.15, 0.2) is 0 Å². The molecule has 0 saturated carbocycles. The molecular formula is C14H16Zr. The van der Waals surface area contributed by atoms with E-state index in [1.165, 1.54) is 25.7 Å². The number of aryl methyl sites for hydroxylation is 2. The maximum absolute atomic E-state index is 2.26. The van der Waals surface area contributed by atoms with Gasteiger partial charge in [-0.05, 0) is 0 Å². The fraction of sp³-hybridized carbons (Fsp3) is 0.286. The summed E-state index contributed by atoms with van der Waals surface area (Å²) in [5.41, 5.74) is 3.20. The van der Waals surface area contributed by atoms with Gasteiger partial charge in [0.2, 0.25) is 0 Å². The van der Waals surface area contributed by atoms with Crippen molar-refractivity contribution >= 4 is 0 Å². The molecule has 0 atom stereocenters. The van der Waals surface area contributed by atoms with E-state index in [2.05, 4.69) is 18.2 Å². The molecule has 0 saturated heterocycles. The zero-order valence-corrected chi connectivity index (χ0v) is 11.4. The Bertz CT molecular complexity index is 305. The maximum Gasteiger partial charge on any atom is 2.00 e. The zero-order valence-electron chi connectivity index (χ0n) is 8.95. The molecule has 76 valence electrons. The van der Waals surface area contributed by atoms with Crippen molar-refractivity contribution in [2.24, 2.45) is 0 Å². The summed E-state index contributed by atoms with van der Waals surface area (Å²) in [6, 6.07) is 16.7. The van der Waals surface area contributed by atoms with Gasteiger partial charge in [0, 0.05) is 0 Å². The third kappa shape index (κ3) is 3.91. The van der Waals surface area contributed by atoms with E-state index in [9.17, 15) is 0 Å². The van der Waals surface area contributed by atoms with Gasteiger partial charge in [0.05, 0.1) is 0 Å². The molecule has 0 bridgehead atoms. The fourth-order valence-corrected chi connectivity index (χ4v) is 1.93. The first-order chi connectivity index (χ1) is 6.97. The van der Waals surface area contributed by atoms with Gasteiger partial charge in [-0.1, -0.05) is 25.7 Å². The monoisotopic (exact) mass is 274 g/mol. The molecule has 3 rings (SSSR count). The quantitative estimate of drug-likeness (QED) is 0.643. The van der Waals surface area contributed by atoms with Crippen molar-refractivity contribution in [2.75, 3.05) is 0 Å². The van der Waals surface area contributed by atoms with Crippen LogP contribution in [0.1, 0.15) is 24.0 Å².